The summed E-state index contributed by atoms with van der Waals surface area (Å²) in [6.45, 7) is 0.736. The van der Waals surface area contributed by atoms with Crippen LogP contribution >= 0.6 is 0 Å². The fraction of sp³-hybridized carbons (Fsp3) is 0.462. The molecule has 0 spiro atoms. The van der Waals surface area contributed by atoms with Crippen molar-refractivity contribution in [2.24, 2.45) is 10.9 Å². The first-order valence-electron chi connectivity index (χ1n) is 6.12. The van der Waals surface area contributed by atoms with Gasteiger partial charge in [-0.3, -0.25) is 0 Å². The molecule has 2 rings (SSSR count). The average Bonchev–Trinajstić information content (AvgIpc) is 2.35. The molecule has 0 aromatic heterocycles. The molecule has 0 amide bonds. The van der Waals surface area contributed by atoms with Gasteiger partial charge in [0.15, 0.2) is 5.84 Å². The van der Waals surface area contributed by atoms with E-state index < -0.39 is 0 Å². The molecule has 0 saturated heterocycles. The molecule has 1 aromatic carbocycles. The lowest BCUT2D eigenvalue weighted by atomic mass is 9.93. The molecule has 98 valence electrons. The van der Waals surface area contributed by atoms with E-state index in [0.717, 1.165) is 17.9 Å². The van der Waals surface area contributed by atoms with Crippen molar-refractivity contribution in [1.82, 2.24) is 5.32 Å². The third kappa shape index (κ3) is 2.73. The minimum atomic E-state index is 0.113. The Labute approximate surface area is 107 Å². The summed E-state index contributed by atoms with van der Waals surface area (Å²) in [7, 11) is 1.64. The average molecular weight is 249 g/mol. The normalized spacial score (nSPS) is 16.4. The van der Waals surface area contributed by atoms with E-state index in [4.69, 9.17) is 15.7 Å². The molecule has 5 nitrogen and oxygen atoms in total. The highest BCUT2D eigenvalue weighted by Crippen LogP contribution is 2.22. The minimum Gasteiger partial charge on any atom is -0.496 e. The molecule has 1 aliphatic rings. The van der Waals surface area contributed by atoms with E-state index in [0.29, 0.717) is 11.6 Å². The van der Waals surface area contributed by atoms with E-state index >= 15 is 0 Å². The maximum atomic E-state index is 8.69. The van der Waals surface area contributed by atoms with Crippen LogP contribution in [0.3, 0.4) is 0 Å². The molecule has 5 heteroatoms. The predicted octanol–water partition coefficient (Wildman–Crippen LogP) is 1.43. The molecule has 0 aliphatic heterocycles. The molecule has 0 bridgehead atoms. The van der Waals surface area contributed by atoms with Crippen LogP contribution in [-0.2, 0) is 6.54 Å². The number of oxime groups is 1. The number of hydrogen-bond acceptors (Lipinski definition) is 4. The Morgan fingerprint density at radius 2 is 2.33 bits per heavy atom. The first kappa shape index (κ1) is 12.7. The number of ether oxygens (including phenoxy) is 1. The number of nitrogens with zero attached hydrogens (tertiary/aromatic N) is 1. The van der Waals surface area contributed by atoms with Crippen LogP contribution in [0, 0.1) is 0 Å². The van der Waals surface area contributed by atoms with Crippen LogP contribution in [0.15, 0.2) is 23.4 Å². The molecule has 0 radical (unpaired) electrons. The smallest absolute Gasteiger partial charge is 0.170 e. The van der Waals surface area contributed by atoms with Crippen LogP contribution in [0.2, 0.25) is 0 Å². The maximum absolute atomic E-state index is 8.69. The number of methoxy groups -OCH3 is 1. The third-order valence-electron chi connectivity index (χ3n) is 3.37. The number of hydrogen-bond donors (Lipinski definition) is 3. The molecule has 0 atom stereocenters. The van der Waals surface area contributed by atoms with Crippen molar-refractivity contribution in [2.45, 2.75) is 31.8 Å². The Morgan fingerprint density at radius 3 is 2.89 bits per heavy atom. The van der Waals surface area contributed by atoms with Gasteiger partial charge in [0.2, 0.25) is 0 Å². The molecular weight excluding hydrogens is 230 g/mol. The Balaban J connectivity index is 2.13. The zero-order chi connectivity index (χ0) is 13.0. The van der Waals surface area contributed by atoms with Crippen molar-refractivity contribution in [3.63, 3.8) is 0 Å². The van der Waals surface area contributed by atoms with Gasteiger partial charge < -0.3 is 21.0 Å². The van der Waals surface area contributed by atoms with Gasteiger partial charge in [-0.15, -0.1) is 0 Å². The highest BCUT2D eigenvalue weighted by molar-refractivity contribution is 5.97. The lowest BCUT2D eigenvalue weighted by Gasteiger charge is -2.27. The zero-order valence-corrected chi connectivity index (χ0v) is 10.5. The van der Waals surface area contributed by atoms with E-state index in [1.54, 1.807) is 13.2 Å². The van der Waals surface area contributed by atoms with Crippen LogP contribution in [-0.4, -0.2) is 24.2 Å². The highest BCUT2D eigenvalue weighted by Gasteiger charge is 2.17. The number of nitrogens with one attached hydrogen (secondary N) is 1. The Kier molecular flexibility index (Phi) is 4.04. The molecule has 1 aromatic rings. The molecule has 4 N–H and O–H groups in total. The van der Waals surface area contributed by atoms with Gasteiger partial charge in [-0.25, -0.2) is 0 Å². The fourth-order valence-electron chi connectivity index (χ4n) is 2.00. The van der Waals surface area contributed by atoms with Crippen molar-refractivity contribution in [1.29, 1.82) is 0 Å². The standard InChI is InChI=1S/C13H19N3O2/c1-18-12-6-5-9(13(14)16-17)7-10(12)8-15-11-3-2-4-11/h5-7,11,15,17H,2-4,8H2,1H3,(H2,14,16). The Hall–Kier alpha value is -1.75. The van der Waals surface area contributed by atoms with E-state index in [1.165, 1.54) is 19.3 Å². The van der Waals surface area contributed by atoms with Crippen LogP contribution < -0.4 is 15.8 Å². The van der Waals surface area contributed by atoms with Gasteiger partial charge in [0.1, 0.15) is 5.75 Å². The number of nitrogens with two attached hydrogens (primary N) is 1. The Bertz CT molecular complexity index is 442. The van der Waals surface area contributed by atoms with Gasteiger partial charge in [0.05, 0.1) is 7.11 Å². The summed E-state index contributed by atoms with van der Waals surface area (Å²) in [4.78, 5) is 0. The summed E-state index contributed by atoms with van der Waals surface area (Å²) in [6, 6.07) is 6.12. The number of amidine groups is 1. The summed E-state index contributed by atoms with van der Waals surface area (Å²) in [6.07, 6.45) is 3.78. The van der Waals surface area contributed by atoms with Gasteiger partial charge in [0, 0.05) is 23.7 Å². The minimum absolute atomic E-state index is 0.113. The monoisotopic (exact) mass is 249 g/mol. The second kappa shape index (κ2) is 5.73. The van der Waals surface area contributed by atoms with E-state index in [2.05, 4.69) is 10.5 Å². The van der Waals surface area contributed by atoms with Gasteiger partial charge in [-0.1, -0.05) is 11.6 Å². The molecule has 1 fully saturated rings. The zero-order valence-electron chi connectivity index (χ0n) is 10.5. The third-order valence-corrected chi connectivity index (χ3v) is 3.37. The second-order valence-corrected chi connectivity index (χ2v) is 4.52. The summed E-state index contributed by atoms with van der Waals surface area (Å²) >= 11 is 0. The van der Waals surface area contributed by atoms with E-state index in [1.807, 2.05) is 12.1 Å². The van der Waals surface area contributed by atoms with E-state index in [-0.39, 0.29) is 5.84 Å². The molecule has 0 unspecified atom stereocenters. The summed E-state index contributed by atoms with van der Waals surface area (Å²) in [5, 5.41) is 15.2. The maximum Gasteiger partial charge on any atom is 0.170 e. The summed E-state index contributed by atoms with van der Waals surface area (Å²) in [5.41, 5.74) is 7.31. The first-order valence-corrected chi connectivity index (χ1v) is 6.12. The summed E-state index contributed by atoms with van der Waals surface area (Å²) < 4.78 is 5.31. The van der Waals surface area contributed by atoms with Crippen LogP contribution in [0.1, 0.15) is 30.4 Å². The van der Waals surface area contributed by atoms with Crippen molar-refractivity contribution in [3.05, 3.63) is 29.3 Å². The first-order chi connectivity index (χ1) is 8.74. The quantitative estimate of drug-likeness (QED) is 0.319. The van der Waals surface area contributed by atoms with Gasteiger partial charge in [-0.05, 0) is 31.0 Å². The van der Waals surface area contributed by atoms with Crippen molar-refractivity contribution in [2.75, 3.05) is 7.11 Å². The van der Waals surface area contributed by atoms with Crippen molar-refractivity contribution < 1.29 is 9.94 Å². The van der Waals surface area contributed by atoms with Crippen molar-refractivity contribution >= 4 is 5.84 Å². The van der Waals surface area contributed by atoms with E-state index in [9.17, 15) is 0 Å². The SMILES string of the molecule is COc1ccc(/C(N)=N/O)cc1CNC1CCC1. The topological polar surface area (TPSA) is 79.9 Å². The summed E-state index contributed by atoms with van der Waals surface area (Å²) in [5.74, 6) is 0.930. The Morgan fingerprint density at radius 1 is 1.56 bits per heavy atom. The van der Waals surface area contributed by atoms with Crippen LogP contribution in [0.25, 0.3) is 0 Å². The fourth-order valence-corrected chi connectivity index (χ4v) is 2.00. The predicted molar refractivity (Wildman–Crippen MR) is 70.0 cm³/mol. The number of benzene rings is 1. The lowest BCUT2D eigenvalue weighted by Crippen LogP contribution is -2.34. The lowest BCUT2D eigenvalue weighted by molar-refractivity contribution is 0.318. The molecule has 0 heterocycles. The molecule has 1 saturated carbocycles. The molecule has 1 aliphatic carbocycles. The molecular formula is C13H19N3O2. The largest absolute Gasteiger partial charge is 0.496 e. The van der Waals surface area contributed by atoms with Crippen LogP contribution in [0.5, 0.6) is 5.75 Å². The van der Waals surface area contributed by atoms with Crippen molar-refractivity contribution in [3.8, 4) is 5.75 Å². The van der Waals surface area contributed by atoms with Gasteiger partial charge >= 0.3 is 0 Å². The highest BCUT2D eigenvalue weighted by atomic mass is 16.5. The van der Waals surface area contributed by atoms with Gasteiger partial charge in [0.25, 0.3) is 0 Å². The van der Waals surface area contributed by atoms with Crippen LogP contribution in [0.4, 0.5) is 0 Å². The molecule has 18 heavy (non-hydrogen) atoms. The van der Waals surface area contributed by atoms with Gasteiger partial charge in [-0.2, -0.15) is 0 Å². The number of rotatable bonds is 5. The second-order valence-electron chi connectivity index (χ2n) is 4.52.